The van der Waals surface area contributed by atoms with E-state index in [4.69, 9.17) is 0 Å². The second-order valence-corrected chi connectivity index (χ2v) is 12.0. The van der Waals surface area contributed by atoms with E-state index in [0.717, 1.165) is 6.42 Å². The highest BCUT2D eigenvalue weighted by Crippen LogP contribution is 2.70. The van der Waals surface area contributed by atoms with Gasteiger partial charge >= 0.3 is 6.18 Å². The summed E-state index contributed by atoms with van der Waals surface area (Å²) in [5.41, 5.74) is -2.38. The summed E-state index contributed by atoms with van der Waals surface area (Å²) in [5.74, 6) is -1.16. The summed E-state index contributed by atoms with van der Waals surface area (Å²) >= 11 is 0. The molecule has 38 heavy (non-hydrogen) atoms. The van der Waals surface area contributed by atoms with Crippen molar-refractivity contribution in [2.75, 3.05) is 5.32 Å². The molecule has 1 aliphatic heterocycles. The Bertz CT molecular complexity index is 1420. The summed E-state index contributed by atoms with van der Waals surface area (Å²) in [6.07, 6.45) is -1.75. The lowest BCUT2D eigenvalue weighted by molar-refractivity contribution is -0.287. The van der Waals surface area contributed by atoms with Crippen molar-refractivity contribution < 1.29 is 27.6 Å². The van der Waals surface area contributed by atoms with E-state index in [1.54, 1.807) is 25.1 Å². The average molecular weight is 531 g/mol. The van der Waals surface area contributed by atoms with Crippen LogP contribution in [0.25, 0.3) is 10.9 Å². The maximum absolute atomic E-state index is 14.2. The number of hydrogen-bond donors (Lipinski definition) is 2. The van der Waals surface area contributed by atoms with Gasteiger partial charge in [-0.2, -0.15) is 13.2 Å². The SMILES string of the molecule is Cc1nc2cccc(NC(=O)CC34CC5CC(C3)CC(C(F)(F)F)(C5)C4)c2c(=O)n1C1CCC(=O)NC1=O. The molecule has 2 N–H and O–H groups in total. The number of carbonyl (C=O) groups excluding carboxylic acids is 3. The number of carbonyl (C=O) groups is 3. The van der Waals surface area contributed by atoms with Crippen molar-refractivity contribution in [2.24, 2.45) is 22.7 Å². The molecule has 2 heterocycles. The minimum Gasteiger partial charge on any atom is -0.325 e. The Balaban J connectivity index is 1.30. The highest BCUT2D eigenvalue weighted by molar-refractivity contribution is 6.02. The van der Waals surface area contributed by atoms with E-state index in [0.29, 0.717) is 24.2 Å². The van der Waals surface area contributed by atoms with Gasteiger partial charge in [-0.05, 0) is 81.3 Å². The highest BCUT2D eigenvalue weighted by Gasteiger charge is 2.67. The molecule has 1 saturated heterocycles. The van der Waals surface area contributed by atoms with Crippen LogP contribution in [0.4, 0.5) is 18.9 Å². The molecular formula is C27H29F3N4O4. The van der Waals surface area contributed by atoms with Crippen LogP contribution in [0.3, 0.4) is 0 Å². The normalized spacial score (nSPS) is 32.5. The fourth-order valence-electron chi connectivity index (χ4n) is 8.28. The van der Waals surface area contributed by atoms with Crippen LogP contribution < -0.4 is 16.2 Å². The lowest BCUT2D eigenvalue weighted by Crippen LogP contribution is -2.58. The number of rotatable bonds is 4. The monoisotopic (exact) mass is 530 g/mol. The smallest absolute Gasteiger partial charge is 0.325 e. The minimum absolute atomic E-state index is 0.0175. The van der Waals surface area contributed by atoms with Gasteiger partial charge in [-0.15, -0.1) is 0 Å². The van der Waals surface area contributed by atoms with Gasteiger partial charge in [0.15, 0.2) is 0 Å². The number of piperidine rings is 1. The van der Waals surface area contributed by atoms with Crippen LogP contribution in [0.2, 0.25) is 0 Å². The summed E-state index contributed by atoms with van der Waals surface area (Å²) in [4.78, 5) is 55.5. The number of halogens is 3. The molecule has 8 nitrogen and oxygen atoms in total. The lowest BCUT2D eigenvalue weighted by Gasteiger charge is -2.62. The molecule has 5 aliphatic rings. The predicted molar refractivity (Wildman–Crippen MR) is 131 cm³/mol. The van der Waals surface area contributed by atoms with E-state index in [9.17, 15) is 32.3 Å². The number of aryl methyl sites for hydroxylation is 1. The maximum Gasteiger partial charge on any atom is 0.394 e. The first-order valence-electron chi connectivity index (χ1n) is 13.1. The van der Waals surface area contributed by atoms with Crippen LogP contribution in [0.1, 0.15) is 69.7 Å². The number of aromatic nitrogens is 2. The Hall–Kier alpha value is -3.24. The molecule has 202 valence electrons. The first-order valence-corrected chi connectivity index (χ1v) is 13.1. The topological polar surface area (TPSA) is 110 Å². The van der Waals surface area contributed by atoms with Crippen molar-refractivity contribution in [3.8, 4) is 0 Å². The van der Waals surface area contributed by atoms with Crippen LogP contribution in [-0.4, -0.2) is 33.4 Å². The summed E-state index contributed by atoms with van der Waals surface area (Å²) in [5, 5.41) is 5.16. The molecule has 11 heteroatoms. The molecule has 1 aromatic heterocycles. The van der Waals surface area contributed by atoms with Crippen molar-refractivity contribution in [1.29, 1.82) is 0 Å². The second-order valence-electron chi connectivity index (χ2n) is 12.0. The third-order valence-electron chi connectivity index (χ3n) is 9.22. The van der Waals surface area contributed by atoms with Crippen LogP contribution in [0, 0.1) is 29.6 Å². The van der Waals surface area contributed by atoms with Gasteiger partial charge in [0.2, 0.25) is 17.7 Å². The predicted octanol–water partition coefficient (Wildman–Crippen LogP) is 4.16. The zero-order valence-electron chi connectivity index (χ0n) is 21.0. The molecule has 3 amide bonds. The van der Waals surface area contributed by atoms with E-state index in [1.165, 1.54) is 4.57 Å². The number of imide groups is 1. The maximum atomic E-state index is 14.2. The number of hydrogen-bond acceptors (Lipinski definition) is 5. The molecule has 0 spiro atoms. The first kappa shape index (κ1) is 25.1. The van der Waals surface area contributed by atoms with Gasteiger partial charge in [-0.1, -0.05) is 6.07 Å². The largest absolute Gasteiger partial charge is 0.394 e. The lowest BCUT2D eigenvalue weighted by atomic mass is 9.43. The molecule has 1 aromatic carbocycles. The van der Waals surface area contributed by atoms with Crippen LogP contribution in [0.5, 0.6) is 0 Å². The Labute approximate surface area is 216 Å². The third kappa shape index (κ3) is 3.92. The molecule has 3 atom stereocenters. The summed E-state index contributed by atoms with van der Waals surface area (Å²) in [7, 11) is 0. The zero-order valence-corrected chi connectivity index (χ0v) is 21.0. The fraction of sp³-hybridized carbons (Fsp3) is 0.593. The second kappa shape index (κ2) is 8.38. The van der Waals surface area contributed by atoms with E-state index in [2.05, 4.69) is 15.6 Å². The molecular weight excluding hydrogens is 501 g/mol. The highest BCUT2D eigenvalue weighted by atomic mass is 19.4. The van der Waals surface area contributed by atoms with Gasteiger partial charge < -0.3 is 5.32 Å². The van der Waals surface area contributed by atoms with E-state index < -0.39 is 46.3 Å². The number of anilines is 1. The van der Waals surface area contributed by atoms with E-state index >= 15 is 0 Å². The Morgan fingerprint density at radius 2 is 1.87 bits per heavy atom. The van der Waals surface area contributed by atoms with Crippen LogP contribution in [-0.2, 0) is 14.4 Å². The molecule has 4 aliphatic carbocycles. The molecule has 5 fully saturated rings. The summed E-state index contributed by atoms with van der Waals surface area (Å²) < 4.78 is 43.7. The number of alkyl halides is 3. The first-order chi connectivity index (χ1) is 17.9. The van der Waals surface area contributed by atoms with Crippen molar-refractivity contribution in [3.63, 3.8) is 0 Å². The zero-order chi connectivity index (χ0) is 27.0. The van der Waals surface area contributed by atoms with Gasteiger partial charge in [0, 0.05) is 12.8 Å². The molecule has 0 radical (unpaired) electrons. The Morgan fingerprint density at radius 1 is 1.16 bits per heavy atom. The van der Waals surface area contributed by atoms with Gasteiger partial charge in [0.05, 0.1) is 22.0 Å². The standard InChI is InChI=1S/C27H29F3N4O4/c1-14-31-17-3-2-4-18(22(17)24(38)34(14)19-5-6-20(35)33-23(19)37)32-21(36)12-25-8-15-7-16(9-25)11-26(10-15,13-25)27(28,29)30/h2-4,15-16,19H,5-13H2,1H3,(H,32,36)(H,33,35,37). The number of amides is 3. The van der Waals surface area contributed by atoms with E-state index in [1.807, 2.05) is 0 Å². The van der Waals surface area contributed by atoms with Gasteiger partial charge in [-0.25, -0.2) is 4.98 Å². The number of fused-ring (bicyclic) bond motifs is 1. The molecule has 3 unspecified atom stereocenters. The number of nitrogens with zero attached hydrogens (tertiary/aromatic N) is 2. The number of benzene rings is 1. The Kier molecular flexibility index (Phi) is 5.53. The van der Waals surface area contributed by atoms with Crippen molar-refractivity contribution in [2.45, 2.75) is 76.9 Å². The summed E-state index contributed by atoms with van der Waals surface area (Å²) in [6, 6.07) is 3.92. The molecule has 2 aromatic rings. The van der Waals surface area contributed by atoms with Crippen molar-refractivity contribution >= 4 is 34.3 Å². The molecule has 4 saturated carbocycles. The van der Waals surface area contributed by atoms with Crippen molar-refractivity contribution in [3.05, 3.63) is 34.4 Å². The Morgan fingerprint density at radius 3 is 2.53 bits per heavy atom. The number of nitrogens with one attached hydrogen (secondary N) is 2. The fourth-order valence-corrected chi connectivity index (χ4v) is 8.28. The molecule has 7 rings (SSSR count). The van der Waals surface area contributed by atoms with Crippen LogP contribution in [0.15, 0.2) is 23.0 Å². The van der Waals surface area contributed by atoms with Gasteiger partial charge in [0.1, 0.15) is 11.9 Å². The minimum atomic E-state index is -4.28. The molecule has 4 bridgehead atoms. The summed E-state index contributed by atoms with van der Waals surface area (Å²) in [6.45, 7) is 1.60. The van der Waals surface area contributed by atoms with E-state index in [-0.39, 0.29) is 61.4 Å². The third-order valence-corrected chi connectivity index (χ3v) is 9.22. The van der Waals surface area contributed by atoms with Crippen LogP contribution >= 0.6 is 0 Å². The van der Waals surface area contributed by atoms with Gasteiger partial charge in [-0.3, -0.25) is 29.1 Å². The average Bonchev–Trinajstić information content (AvgIpc) is 2.78. The van der Waals surface area contributed by atoms with Crippen molar-refractivity contribution in [1.82, 2.24) is 14.9 Å². The van der Waals surface area contributed by atoms with Gasteiger partial charge in [0.25, 0.3) is 5.56 Å². The quantitative estimate of drug-likeness (QED) is 0.577.